The van der Waals surface area contributed by atoms with Gasteiger partial charge in [-0.1, -0.05) is 6.92 Å². The topological polar surface area (TPSA) is 75.4 Å². The van der Waals surface area contributed by atoms with Crippen LogP contribution >= 0.6 is 0 Å². The van der Waals surface area contributed by atoms with E-state index in [0.29, 0.717) is 6.42 Å². The van der Waals surface area contributed by atoms with Crippen molar-refractivity contribution in [3.63, 3.8) is 0 Å². The summed E-state index contributed by atoms with van der Waals surface area (Å²) in [6.45, 7) is 3.03. The van der Waals surface area contributed by atoms with Gasteiger partial charge in [0, 0.05) is 6.42 Å². The third-order valence-corrected chi connectivity index (χ3v) is 1.07. The maximum absolute atomic E-state index is 10.7. The Labute approximate surface area is 60.4 Å². The molecule has 0 radical (unpaired) electrons. The van der Waals surface area contributed by atoms with Crippen LogP contribution in [0, 0.1) is 0 Å². The van der Waals surface area contributed by atoms with Crippen LogP contribution < -0.4 is 11.1 Å². The van der Waals surface area contributed by atoms with Crippen LogP contribution in [-0.2, 0) is 4.79 Å². The Morgan fingerprint density at radius 3 is 2.60 bits per heavy atom. The lowest BCUT2D eigenvalue weighted by atomic mass is 10.2. The van der Waals surface area contributed by atoms with E-state index < -0.39 is 5.66 Å². The van der Waals surface area contributed by atoms with Crippen molar-refractivity contribution in [2.75, 3.05) is 6.61 Å². The summed E-state index contributed by atoms with van der Waals surface area (Å²) < 4.78 is 0. The third-order valence-electron chi connectivity index (χ3n) is 1.07. The standard InChI is InChI=1S/C6H14N2O2/c1-3-5(10)8-6(2,7)4-9/h9H,3-4,7H2,1-2H3,(H,8,10). The molecule has 0 aromatic carbocycles. The van der Waals surface area contributed by atoms with E-state index in [1.165, 1.54) is 0 Å². The molecule has 4 nitrogen and oxygen atoms in total. The van der Waals surface area contributed by atoms with Crippen LogP contribution in [0.5, 0.6) is 0 Å². The minimum absolute atomic E-state index is 0.154. The van der Waals surface area contributed by atoms with Gasteiger partial charge >= 0.3 is 0 Å². The van der Waals surface area contributed by atoms with Gasteiger partial charge in [0.1, 0.15) is 5.66 Å². The second-order valence-electron chi connectivity index (χ2n) is 2.48. The number of aliphatic hydroxyl groups is 1. The van der Waals surface area contributed by atoms with E-state index in [2.05, 4.69) is 5.32 Å². The Balaban J connectivity index is 3.76. The number of rotatable bonds is 3. The molecule has 1 atom stereocenters. The average Bonchev–Trinajstić information content (AvgIpc) is 1.87. The highest BCUT2D eigenvalue weighted by Crippen LogP contribution is 1.91. The highest BCUT2D eigenvalue weighted by molar-refractivity contribution is 5.76. The van der Waals surface area contributed by atoms with Gasteiger partial charge in [0.2, 0.25) is 5.91 Å². The first kappa shape index (κ1) is 9.39. The van der Waals surface area contributed by atoms with Crippen molar-refractivity contribution >= 4 is 5.91 Å². The molecule has 4 heteroatoms. The molecule has 0 aromatic rings. The maximum Gasteiger partial charge on any atom is 0.221 e. The fourth-order valence-electron chi connectivity index (χ4n) is 0.446. The summed E-state index contributed by atoms with van der Waals surface area (Å²) >= 11 is 0. The first-order valence-electron chi connectivity index (χ1n) is 3.22. The molecule has 0 saturated carbocycles. The number of nitrogens with one attached hydrogen (secondary N) is 1. The third kappa shape index (κ3) is 3.42. The van der Waals surface area contributed by atoms with E-state index in [9.17, 15) is 4.79 Å². The van der Waals surface area contributed by atoms with Gasteiger partial charge in [-0.15, -0.1) is 0 Å². The normalized spacial score (nSPS) is 16.0. The number of carbonyl (C=O) groups excluding carboxylic acids is 1. The minimum atomic E-state index is -0.979. The smallest absolute Gasteiger partial charge is 0.221 e. The monoisotopic (exact) mass is 146 g/mol. The lowest BCUT2D eigenvalue weighted by molar-refractivity contribution is -0.123. The molecular formula is C6H14N2O2. The van der Waals surface area contributed by atoms with E-state index in [1.807, 2.05) is 0 Å². The van der Waals surface area contributed by atoms with Gasteiger partial charge < -0.3 is 16.2 Å². The van der Waals surface area contributed by atoms with Gasteiger partial charge in [-0.2, -0.15) is 0 Å². The van der Waals surface area contributed by atoms with Gasteiger partial charge in [-0.3, -0.25) is 4.79 Å². The summed E-state index contributed by atoms with van der Waals surface area (Å²) in [5.74, 6) is -0.154. The van der Waals surface area contributed by atoms with Gasteiger partial charge in [0.15, 0.2) is 0 Å². The number of amides is 1. The van der Waals surface area contributed by atoms with Gasteiger partial charge in [0.05, 0.1) is 6.61 Å². The Bertz CT molecular complexity index is 123. The van der Waals surface area contributed by atoms with Crippen molar-refractivity contribution < 1.29 is 9.90 Å². The summed E-state index contributed by atoms with van der Waals surface area (Å²) in [6, 6.07) is 0. The maximum atomic E-state index is 10.7. The van der Waals surface area contributed by atoms with Gasteiger partial charge in [-0.25, -0.2) is 0 Å². The molecule has 0 aliphatic heterocycles. The zero-order chi connectivity index (χ0) is 8.20. The number of nitrogens with two attached hydrogens (primary N) is 1. The molecule has 0 aromatic heterocycles. The molecule has 10 heavy (non-hydrogen) atoms. The number of carbonyl (C=O) groups is 1. The zero-order valence-corrected chi connectivity index (χ0v) is 6.35. The predicted octanol–water partition coefficient (Wildman–Crippen LogP) is -0.820. The van der Waals surface area contributed by atoms with Crippen molar-refractivity contribution in [2.45, 2.75) is 25.9 Å². The molecule has 1 unspecified atom stereocenters. The molecule has 0 heterocycles. The molecule has 60 valence electrons. The second-order valence-corrected chi connectivity index (χ2v) is 2.48. The van der Waals surface area contributed by atoms with E-state index in [-0.39, 0.29) is 12.5 Å². The van der Waals surface area contributed by atoms with Gasteiger partial charge in [0.25, 0.3) is 0 Å². The SMILES string of the molecule is CCC(=O)NC(C)(N)CO. The Kier molecular flexibility index (Phi) is 3.32. The molecule has 0 aliphatic rings. The van der Waals surface area contributed by atoms with Crippen LogP contribution in [0.15, 0.2) is 0 Å². The average molecular weight is 146 g/mol. The summed E-state index contributed by atoms with van der Waals surface area (Å²) in [5.41, 5.74) is 4.43. The minimum Gasteiger partial charge on any atom is -0.393 e. The van der Waals surface area contributed by atoms with Crippen molar-refractivity contribution in [3.8, 4) is 0 Å². The number of hydrogen-bond acceptors (Lipinski definition) is 3. The van der Waals surface area contributed by atoms with Crippen LogP contribution in [0.2, 0.25) is 0 Å². The first-order chi connectivity index (χ1) is 4.52. The van der Waals surface area contributed by atoms with Crippen LogP contribution in [0.25, 0.3) is 0 Å². The Morgan fingerprint density at radius 1 is 1.80 bits per heavy atom. The van der Waals surface area contributed by atoms with Crippen LogP contribution in [0.1, 0.15) is 20.3 Å². The van der Waals surface area contributed by atoms with Crippen molar-refractivity contribution in [1.82, 2.24) is 5.32 Å². The van der Waals surface area contributed by atoms with Crippen LogP contribution in [-0.4, -0.2) is 23.3 Å². The van der Waals surface area contributed by atoms with E-state index in [0.717, 1.165) is 0 Å². The molecule has 0 saturated heterocycles. The van der Waals surface area contributed by atoms with Crippen LogP contribution in [0.4, 0.5) is 0 Å². The summed E-state index contributed by atoms with van der Waals surface area (Å²) in [7, 11) is 0. The highest BCUT2D eigenvalue weighted by atomic mass is 16.3. The van der Waals surface area contributed by atoms with Gasteiger partial charge in [-0.05, 0) is 6.92 Å². The lowest BCUT2D eigenvalue weighted by Gasteiger charge is -2.22. The van der Waals surface area contributed by atoms with Crippen molar-refractivity contribution in [3.05, 3.63) is 0 Å². The fourth-order valence-corrected chi connectivity index (χ4v) is 0.446. The zero-order valence-electron chi connectivity index (χ0n) is 6.35. The predicted molar refractivity (Wildman–Crippen MR) is 38.1 cm³/mol. The summed E-state index contributed by atoms with van der Waals surface area (Å²) in [5, 5.41) is 11.0. The molecule has 0 fully saturated rings. The van der Waals surface area contributed by atoms with E-state index in [4.69, 9.17) is 10.8 Å². The molecule has 0 rings (SSSR count). The molecule has 4 N–H and O–H groups in total. The summed E-state index contributed by atoms with van der Waals surface area (Å²) in [6.07, 6.45) is 0.382. The van der Waals surface area contributed by atoms with E-state index in [1.54, 1.807) is 13.8 Å². The Morgan fingerprint density at radius 2 is 2.30 bits per heavy atom. The molecule has 0 spiro atoms. The highest BCUT2D eigenvalue weighted by Gasteiger charge is 2.17. The van der Waals surface area contributed by atoms with Crippen molar-refractivity contribution in [1.29, 1.82) is 0 Å². The lowest BCUT2D eigenvalue weighted by Crippen LogP contribution is -2.56. The molecule has 0 bridgehead atoms. The fraction of sp³-hybridized carbons (Fsp3) is 0.833. The number of hydrogen-bond donors (Lipinski definition) is 3. The van der Waals surface area contributed by atoms with E-state index >= 15 is 0 Å². The molecule has 0 aliphatic carbocycles. The second kappa shape index (κ2) is 3.53. The Hall–Kier alpha value is -0.610. The number of aliphatic hydroxyl groups excluding tert-OH is 1. The van der Waals surface area contributed by atoms with Crippen molar-refractivity contribution in [2.24, 2.45) is 5.73 Å². The molecular weight excluding hydrogens is 132 g/mol. The summed E-state index contributed by atoms with van der Waals surface area (Å²) in [4.78, 5) is 10.7. The quantitative estimate of drug-likeness (QED) is 0.455. The largest absolute Gasteiger partial charge is 0.393 e. The molecule has 1 amide bonds. The first-order valence-corrected chi connectivity index (χ1v) is 3.22. The van der Waals surface area contributed by atoms with Crippen LogP contribution in [0.3, 0.4) is 0 Å².